The highest BCUT2D eigenvalue weighted by Gasteiger charge is 2.32. The molecule has 0 aliphatic carbocycles. The SMILES string of the molecule is CC(C)(C)OC(=O)NCCn1cc(C#N)c2cc(-c3ccc(S(=O)(=O)N4CCC(Nc5ccc(C(F)(F)F)cn5)CC4)cc3)cnc21. The first kappa shape index (κ1) is 33.7. The third-order valence-corrected chi connectivity index (χ3v) is 9.49. The Labute approximate surface area is 270 Å². The summed E-state index contributed by atoms with van der Waals surface area (Å²) in [5, 5.41) is 16.1. The quantitative estimate of drug-likeness (QED) is 0.241. The lowest BCUT2D eigenvalue weighted by Crippen LogP contribution is -2.42. The van der Waals surface area contributed by atoms with E-state index in [9.17, 15) is 31.6 Å². The zero-order valence-corrected chi connectivity index (χ0v) is 26.8. The number of piperidine rings is 1. The van der Waals surface area contributed by atoms with Gasteiger partial charge >= 0.3 is 12.3 Å². The van der Waals surface area contributed by atoms with Crippen LogP contribution >= 0.6 is 0 Å². The number of pyridine rings is 2. The van der Waals surface area contributed by atoms with Crippen molar-refractivity contribution < 1.29 is 31.1 Å². The van der Waals surface area contributed by atoms with Crippen LogP contribution in [0.15, 0.2) is 66.0 Å². The van der Waals surface area contributed by atoms with Gasteiger partial charge in [0, 0.05) is 61.8 Å². The molecule has 0 spiro atoms. The number of amides is 1. The van der Waals surface area contributed by atoms with E-state index in [1.165, 1.54) is 22.5 Å². The Hall–Kier alpha value is -4.68. The summed E-state index contributed by atoms with van der Waals surface area (Å²) in [5.41, 5.74) is 0.953. The van der Waals surface area contributed by atoms with Crippen LogP contribution in [0, 0.1) is 11.3 Å². The molecule has 15 heteroatoms. The molecule has 4 heterocycles. The van der Waals surface area contributed by atoms with Gasteiger partial charge in [-0.1, -0.05) is 12.1 Å². The number of halogens is 3. The molecule has 0 bridgehead atoms. The van der Waals surface area contributed by atoms with Crippen molar-refractivity contribution in [2.45, 2.75) is 62.9 Å². The molecule has 1 fully saturated rings. The Kier molecular flexibility index (Phi) is 9.46. The summed E-state index contributed by atoms with van der Waals surface area (Å²) < 4.78 is 73.6. The highest BCUT2D eigenvalue weighted by Crippen LogP contribution is 2.30. The van der Waals surface area contributed by atoms with E-state index in [-0.39, 0.29) is 30.6 Å². The van der Waals surface area contributed by atoms with Gasteiger partial charge in [0.05, 0.1) is 16.0 Å². The second-order valence-corrected chi connectivity index (χ2v) is 14.1. The van der Waals surface area contributed by atoms with Crippen LogP contribution in [0.4, 0.5) is 23.8 Å². The Balaban J connectivity index is 1.21. The van der Waals surface area contributed by atoms with Gasteiger partial charge in [0.25, 0.3) is 0 Å². The van der Waals surface area contributed by atoms with E-state index < -0.39 is 33.5 Å². The summed E-state index contributed by atoms with van der Waals surface area (Å²) in [6.07, 6.45) is 0.0128. The van der Waals surface area contributed by atoms with Crippen molar-refractivity contribution in [1.82, 2.24) is 24.2 Å². The number of carbonyl (C=O) groups excluding carboxylic acids is 1. The van der Waals surface area contributed by atoms with E-state index in [1.54, 1.807) is 49.9 Å². The predicted molar refractivity (Wildman–Crippen MR) is 169 cm³/mol. The smallest absolute Gasteiger partial charge is 0.417 e. The van der Waals surface area contributed by atoms with Gasteiger partial charge in [-0.25, -0.2) is 23.2 Å². The molecule has 47 heavy (non-hydrogen) atoms. The van der Waals surface area contributed by atoms with Crippen LogP contribution in [0.25, 0.3) is 22.2 Å². The zero-order chi connectivity index (χ0) is 34.0. The van der Waals surface area contributed by atoms with Gasteiger partial charge in [-0.05, 0) is 69.5 Å². The fraction of sp³-hybridized carbons (Fsp3) is 0.375. The lowest BCUT2D eigenvalue weighted by atomic mass is 10.1. The van der Waals surface area contributed by atoms with Gasteiger partial charge < -0.3 is 19.9 Å². The lowest BCUT2D eigenvalue weighted by Gasteiger charge is -2.32. The maximum atomic E-state index is 13.4. The number of nitrogens with zero attached hydrogens (tertiary/aromatic N) is 5. The number of nitrogens with one attached hydrogen (secondary N) is 2. The third-order valence-electron chi connectivity index (χ3n) is 7.58. The van der Waals surface area contributed by atoms with Gasteiger partial charge in [0.1, 0.15) is 23.1 Å². The van der Waals surface area contributed by atoms with Crippen LogP contribution in [0.1, 0.15) is 44.7 Å². The predicted octanol–water partition coefficient (Wildman–Crippen LogP) is 5.78. The number of benzene rings is 1. The molecule has 0 saturated carbocycles. The van der Waals surface area contributed by atoms with E-state index in [2.05, 4.69) is 26.7 Å². The van der Waals surface area contributed by atoms with Crippen molar-refractivity contribution in [1.29, 1.82) is 5.26 Å². The summed E-state index contributed by atoms with van der Waals surface area (Å²) >= 11 is 0. The Morgan fingerprint density at radius 3 is 2.34 bits per heavy atom. The van der Waals surface area contributed by atoms with Crippen molar-refractivity contribution >= 4 is 33.0 Å². The van der Waals surface area contributed by atoms with E-state index in [0.717, 1.165) is 12.3 Å². The number of fused-ring (bicyclic) bond motifs is 1. The summed E-state index contributed by atoms with van der Waals surface area (Å²) in [7, 11) is -3.78. The Morgan fingerprint density at radius 1 is 1.04 bits per heavy atom. The topological polar surface area (TPSA) is 142 Å². The number of rotatable bonds is 8. The van der Waals surface area contributed by atoms with E-state index in [4.69, 9.17) is 4.74 Å². The molecule has 1 aliphatic heterocycles. The molecule has 11 nitrogen and oxygen atoms in total. The Bertz CT molecular complexity index is 1890. The molecule has 248 valence electrons. The molecular weight excluding hydrogens is 635 g/mol. The second kappa shape index (κ2) is 13.2. The van der Waals surface area contributed by atoms with E-state index >= 15 is 0 Å². The first-order valence-electron chi connectivity index (χ1n) is 14.9. The lowest BCUT2D eigenvalue weighted by molar-refractivity contribution is -0.137. The molecule has 1 aliphatic rings. The number of aromatic nitrogens is 3. The summed E-state index contributed by atoms with van der Waals surface area (Å²) in [5.74, 6) is 0.302. The number of hydrogen-bond donors (Lipinski definition) is 2. The van der Waals surface area contributed by atoms with Gasteiger partial charge in [-0.2, -0.15) is 22.7 Å². The van der Waals surface area contributed by atoms with Crippen molar-refractivity contribution in [2.75, 3.05) is 25.0 Å². The average Bonchev–Trinajstić information content (AvgIpc) is 3.37. The molecule has 0 atom stereocenters. The highest BCUT2D eigenvalue weighted by atomic mass is 32.2. The number of alkyl carbamates (subject to hydrolysis) is 1. The molecule has 1 aromatic carbocycles. The standard InChI is InChI=1S/C32H34F3N7O4S/c1-31(2,3)46-30(43)37-12-15-41-20-23(17-36)27-16-22(18-39-29(27)41)21-4-7-26(8-5-21)47(44,45)42-13-10-25(11-14-42)40-28-9-6-24(19-38-28)32(33,34)35/h4-9,16,18-20,25H,10-15H2,1-3H3,(H,37,43)(H,38,40). The van der Waals surface area contributed by atoms with Crippen LogP contribution in [0.2, 0.25) is 0 Å². The monoisotopic (exact) mass is 669 g/mol. The van der Waals surface area contributed by atoms with Crippen LogP contribution in [0.5, 0.6) is 0 Å². The maximum Gasteiger partial charge on any atom is 0.417 e. The Morgan fingerprint density at radius 2 is 1.74 bits per heavy atom. The number of anilines is 1. The molecule has 1 saturated heterocycles. The third kappa shape index (κ3) is 8.01. The van der Waals surface area contributed by atoms with Crippen LogP contribution in [-0.2, 0) is 27.5 Å². The second-order valence-electron chi connectivity index (χ2n) is 12.1. The molecule has 2 N–H and O–H groups in total. The van der Waals surface area contributed by atoms with Crippen molar-refractivity contribution in [2.24, 2.45) is 0 Å². The molecule has 3 aromatic heterocycles. The van der Waals surface area contributed by atoms with E-state index in [1.807, 2.05) is 6.07 Å². The van der Waals surface area contributed by atoms with Crippen molar-refractivity contribution in [3.05, 3.63) is 72.2 Å². The summed E-state index contributed by atoms with van der Waals surface area (Å²) in [4.78, 5) is 20.5. The van der Waals surface area contributed by atoms with Crippen molar-refractivity contribution in [3.8, 4) is 17.2 Å². The minimum Gasteiger partial charge on any atom is -0.444 e. The number of nitriles is 1. The van der Waals surface area contributed by atoms with E-state index in [0.29, 0.717) is 52.9 Å². The number of sulfonamides is 1. The molecule has 0 unspecified atom stereocenters. The first-order chi connectivity index (χ1) is 22.1. The zero-order valence-electron chi connectivity index (χ0n) is 26.0. The van der Waals surface area contributed by atoms with Gasteiger partial charge in [-0.3, -0.25) is 0 Å². The van der Waals surface area contributed by atoms with Crippen LogP contribution in [-0.4, -0.2) is 64.6 Å². The summed E-state index contributed by atoms with van der Waals surface area (Å²) in [6, 6.07) is 12.5. The van der Waals surface area contributed by atoms with Gasteiger partial charge in [0.2, 0.25) is 10.0 Å². The largest absolute Gasteiger partial charge is 0.444 e. The highest BCUT2D eigenvalue weighted by molar-refractivity contribution is 7.89. The molecular formula is C32H34F3N7O4S. The average molecular weight is 670 g/mol. The first-order valence-corrected chi connectivity index (χ1v) is 16.3. The van der Waals surface area contributed by atoms with Crippen molar-refractivity contribution in [3.63, 3.8) is 0 Å². The number of carbonyl (C=O) groups is 1. The van der Waals surface area contributed by atoms with Crippen LogP contribution in [0.3, 0.4) is 0 Å². The molecule has 1 amide bonds. The normalized spacial score (nSPS) is 14.9. The minimum atomic E-state index is -4.47. The molecule has 4 aromatic rings. The fourth-order valence-corrected chi connectivity index (χ4v) is 6.72. The van der Waals surface area contributed by atoms with Gasteiger partial charge in [-0.15, -0.1) is 0 Å². The fourth-order valence-electron chi connectivity index (χ4n) is 5.25. The van der Waals surface area contributed by atoms with Gasteiger partial charge in [0.15, 0.2) is 0 Å². The summed E-state index contributed by atoms with van der Waals surface area (Å²) in [6.45, 7) is 6.45. The number of ether oxygens (including phenoxy) is 1. The molecule has 5 rings (SSSR count). The maximum absolute atomic E-state index is 13.4. The number of alkyl halides is 3. The van der Waals surface area contributed by atoms with Crippen LogP contribution < -0.4 is 10.6 Å². The number of hydrogen-bond acceptors (Lipinski definition) is 8. The molecule has 0 radical (unpaired) electrons. The minimum absolute atomic E-state index is 0.132.